The first kappa shape index (κ1) is 10.4. The molecule has 0 bridgehead atoms. The summed E-state index contributed by atoms with van der Waals surface area (Å²) in [6, 6.07) is 5.33. The number of pyridine rings is 1. The second-order valence-electron chi connectivity index (χ2n) is 4.47. The molecule has 1 fully saturated rings. The van der Waals surface area contributed by atoms with Crippen molar-refractivity contribution >= 4 is 5.82 Å². The van der Waals surface area contributed by atoms with Gasteiger partial charge >= 0.3 is 0 Å². The van der Waals surface area contributed by atoms with Crippen LogP contribution in [0.2, 0.25) is 0 Å². The summed E-state index contributed by atoms with van der Waals surface area (Å²) in [5.41, 5.74) is 6.81. The van der Waals surface area contributed by atoms with Gasteiger partial charge in [0.05, 0.1) is 0 Å². The van der Waals surface area contributed by atoms with Crippen molar-refractivity contribution in [3.63, 3.8) is 0 Å². The fraction of sp³-hybridized carbons (Fsp3) is 0.583. The van der Waals surface area contributed by atoms with Crippen molar-refractivity contribution in [1.82, 2.24) is 10.3 Å². The Morgan fingerprint density at radius 3 is 2.93 bits per heavy atom. The Kier molecular flexibility index (Phi) is 3.21. The Labute approximate surface area is 91.1 Å². The third-order valence-corrected chi connectivity index (χ3v) is 2.81. The summed E-state index contributed by atoms with van der Waals surface area (Å²) in [6.07, 6.45) is 6.83. The Hall–Kier alpha value is -1.09. The zero-order valence-electron chi connectivity index (χ0n) is 9.24. The van der Waals surface area contributed by atoms with Crippen molar-refractivity contribution in [1.29, 1.82) is 0 Å². The van der Waals surface area contributed by atoms with Crippen LogP contribution >= 0.6 is 0 Å². The van der Waals surface area contributed by atoms with Crippen molar-refractivity contribution in [2.75, 3.05) is 5.73 Å². The van der Waals surface area contributed by atoms with E-state index >= 15 is 0 Å². The van der Waals surface area contributed by atoms with Crippen molar-refractivity contribution in [2.24, 2.45) is 0 Å². The van der Waals surface area contributed by atoms with Crippen LogP contribution in [0.25, 0.3) is 0 Å². The van der Waals surface area contributed by atoms with Crippen LogP contribution in [0, 0.1) is 0 Å². The topological polar surface area (TPSA) is 50.9 Å². The van der Waals surface area contributed by atoms with Gasteiger partial charge in [-0.05, 0) is 44.2 Å². The third kappa shape index (κ3) is 3.51. The summed E-state index contributed by atoms with van der Waals surface area (Å²) in [7, 11) is 0. The summed E-state index contributed by atoms with van der Waals surface area (Å²) in [5, 5.41) is 3.59. The van der Waals surface area contributed by atoms with Gasteiger partial charge in [0.2, 0.25) is 0 Å². The minimum atomic E-state index is 0.600. The molecule has 1 aromatic heterocycles. The minimum Gasteiger partial charge on any atom is -0.384 e. The average Bonchev–Trinajstić information content (AvgIpc) is 3.01. The van der Waals surface area contributed by atoms with E-state index in [1.165, 1.54) is 24.8 Å². The number of hydrogen-bond donors (Lipinski definition) is 2. The molecule has 3 heteroatoms. The first-order valence-electron chi connectivity index (χ1n) is 5.70. The van der Waals surface area contributed by atoms with E-state index in [4.69, 9.17) is 5.73 Å². The second-order valence-corrected chi connectivity index (χ2v) is 4.47. The average molecular weight is 205 g/mol. The van der Waals surface area contributed by atoms with E-state index < -0.39 is 0 Å². The summed E-state index contributed by atoms with van der Waals surface area (Å²) >= 11 is 0. The van der Waals surface area contributed by atoms with Crippen LogP contribution < -0.4 is 11.1 Å². The zero-order chi connectivity index (χ0) is 10.7. The van der Waals surface area contributed by atoms with Gasteiger partial charge in [0.15, 0.2) is 0 Å². The van der Waals surface area contributed by atoms with Gasteiger partial charge in [0.25, 0.3) is 0 Å². The fourth-order valence-electron chi connectivity index (χ4n) is 1.70. The smallest absolute Gasteiger partial charge is 0.123 e. The number of aryl methyl sites for hydroxylation is 1. The first-order chi connectivity index (χ1) is 7.24. The molecular formula is C12H19N3. The lowest BCUT2D eigenvalue weighted by Crippen LogP contribution is -2.28. The van der Waals surface area contributed by atoms with Gasteiger partial charge in [-0.15, -0.1) is 0 Å². The number of aromatic nitrogens is 1. The van der Waals surface area contributed by atoms with Gasteiger partial charge in [-0.1, -0.05) is 6.07 Å². The van der Waals surface area contributed by atoms with Gasteiger partial charge in [-0.2, -0.15) is 0 Å². The normalized spacial score (nSPS) is 17.7. The first-order valence-corrected chi connectivity index (χ1v) is 5.70. The number of nitrogens with two attached hydrogens (primary N) is 1. The molecule has 82 valence electrons. The van der Waals surface area contributed by atoms with Crippen LogP contribution in [0.1, 0.15) is 31.7 Å². The van der Waals surface area contributed by atoms with Crippen LogP contribution in [0.4, 0.5) is 5.82 Å². The Morgan fingerprint density at radius 2 is 2.33 bits per heavy atom. The lowest BCUT2D eigenvalue weighted by molar-refractivity contribution is 0.511. The summed E-state index contributed by atoms with van der Waals surface area (Å²) in [6.45, 7) is 2.25. The minimum absolute atomic E-state index is 0.600. The highest BCUT2D eigenvalue weighted by Crippen LogP contribution is 2.20. The van der Waals surface area contributed by atoms with Crippen LogP contribution in [0.3, 0.4) is 0 Å². The monoisotopic (exact) mass is 205 g/mol. The molecule has 1 saturated carbocycles. The Balaban J connectivity index is 1.74. The molecule has 3 N–H and O–H groups in total. The maximum absolute atomic E-state index is 5.53. The lowest BCUT2D eigenvalue weighted by atomic mass is 10.1. The van der Waals surface area contributed by atoms with E-state index in [0.29, 0.717) is 11.9 Å². The number of hydrogen-bond acceptors (Lipinski definition) is 3. The van der Waals surface area contributed by atoms with E-state index in [9.17, 15) is 0 Å². The summed E-state index contributed by atoms with van der Waals surface area (Å²) in [5.74, 6) is 0.600. The predicted octanol–water partition coefficient (Wildman–Crippen LogP) is 1.74. The largest absolute Gasteiger partial charge is 0.384 e. The molecule has 1 unspecified atom stereocenters. The highest BCUT2D eigenvalue weighted by Gasteiger charge is 2.22. The molecule has 1 heterocycles. The number of nitrogen functional groups attached to an aromatic ring is 1. The summed E-state index contributed by atoms with van der Waals surface area (Å²) < 4.78 is 0. The molecule has 1 atom stereocenters. The predicted molar refractivity (Wildman–Crippen MR) is 62.6 cm³/mol. The SMILES string of the molecule is CC(CCc1ccc(N)nc1)NC1CC1. The zero-order valence-corrected chi connectivity index (χ0v) is 9.24. The molecule has 1 aliphatic carbocycles. The van der Waals surface area contributed by atoms with Crippen molar-refractivity contribution in [2.45, 2.75) is 44.7 Å². The number of anilines is 1. The standard InChI is InChI=1S/C12H19N3/c1-9(15-11-5-6-11)2-3-10-4-7-12(13)14-8-10/h4,7-9,11,15H,2-3,5-6H2,1H3,(H2,13,14). The molecule has 1 aliphatic rings. The lowest BCUT2D eigenvalue weighted by Gasteiger charge is -2.12. The van der Waals surface area contributed by atoms with Gasteiger partial charge in [-0.3, -0.25) is 0 Å². The Bertz CT molecular complexity index is 303. The van der Waals surface area contributed by atoms with Crippen molar-refractivity contribution < 1.29 is 0 Å². The summed E-state index contributed by atoms with van der Waals surface area (Å²) in [4.78, 5) is 4.09. The molecule has 0 saturated heterocycles. The van der Waals surface area contributed by atoms with Crippen LogP contribution in [0.15, 0.2) is 18.3 Å². The highest BCUT2D eigenvalue weighted by atomic mass is 15.0. The van der Waals surface area contributed by atoms with Crippen LogP contribution in [-0.4, -0.2) is 17.1 Å². The van der Waals surface area contributed by atoms with E-state index in [1.54, 1.807) is 0 Å². The van der Waals surface area contributed by atoms with Gasteiger partial charge in [-0.25, -0.2) is 4.98 Å². The Morgan fingerprint density at radius 1 is 1.53 bits per heavy atom. The van der Waals surface area contributed by atoms with Crippen molar-refractivity contribution in [3.8, 4) is 0 Å². The molecule has 0 aromatic carbocycles. The molecule has 3 nitrogen and oxygen atoms in total. The van der Waals surface area contributed by atoms with Crippen LogP contribution in [0.5, 0.6) is 0 Å². The number of rotatable bonds is 5. The van der Waals surface area contributed by atoms with Gasteiger partial charge in [0.1, 0.15) is 5.82 Å². The molecule has 0 spiro atoms. The molecular weight excluding hydrogens is 186 g/mol. The van der Waals surface area contributed by atoms with Crippen molar-refractivity contribution in [3.05, 3.63) is 23.9 Å². The molecule has 0 amide bonds. The van der Waals surface area contributed by atoms with Gasteiger partial charge < -0.3 is 11.1 Å². The van der Waals surface area contributed by atoms with E-state index in [0.717, 1.165) is 12.5 Å². The second kappa shape index (κ2) is 4.62. The maximum Gasteiger partial charge on any atom is 0.123 e. The molecule has 15 heavy (non-hydrogen) atoms. The van der Waals surface area contributed by atoms with E-state index in [2.05, 4.69) is 23.3 Å². The highest BCUT2D eigenvalue weighted by molar-refractivity contribution is 5.29. The molecule has 1 aromatic rings. The molecule has 2 rings (SSSR count). The van der Waals surface area contributed by atoms with E-state index in [1.807, 2.05) is 12.3 Å². The maximum atomic E-state index is 5.53. The molecule has 0 radical (unpaired) electrons. The molecule has 0 aliphatic heterocycles. The third-order valence-electron chi connectivity index (χ3n) is 2.81. The van der Waals surface area contributed by atoms with E-state index in [-0.39, 0.29) is 0 Å². The number of nitrogens with zero attached hydrogens (tertiary/aromatic N) is 1. The van der Waals surface area contributed by atoms with Crippen LogP contribution in [-0.2, 0) is 6.42 Å². The fourth-order valence-corrected chi connectivity index (χ4v) is 1.70. The van der Waals surface area contributed by atoms with Gasteiger partial charge in [0, 0.05) is 18.3 Å². The quantitative estimate of drug-likeness (QED) is 0.769. The number of nitrogens with one attached hydrogen (secondary N) is 1.